The number of ketones is 2. The first kappa shape index (κ1) is 21.2. The zero-order valence-electron chi connectivity index (χ0n) is 17.7. The first-order valence-electron chi connectivity index (χ1n) is 10.3. The van der Waals surface area contributed by atoms with Gasteiger partial charge in [-0.3, -0.25) is 9.59 Å². The average molecular weight is 463 g/mol. The van der Waals surface area contributed by atoms with Crippen LogP contribution in [0.3, 0.4) is 0 Å². The number of Topliss-reactive ketones (excluding diaryl/α,β-unsaturated/α-hetero) is 2. The first-order chi connectivity index (χ1) is 16.0. The van der Waals surface area contributed by atoms with Gasteiger partial charge in [0.05, 0.1) is 12.2 Å². The largest absolute Gasteiger partial charge is 0.485 e. The number of benzene rings is 3. The molecule has 0 N–H and O–H groups in total. The van der Waals surface area contributed by atoms with Crippen LogP contribution >= 0.6 is 11.6 Å². The van der Waals surface area contributed by atoms with Gasteiger partial charge in [0, 0.05) is 27.3 Å². The van der Waals surface area contributed by atoms with E-state index in [0.29, 0.717) is 51.1 Å². The van der Waals surface area contributed by atoms with Crippen molar-refractivity contribution in [3.05, 3.63) is 93.2 Å². The maximum Gasteiger partial charge on any atom is 0.231 e. The Balaban J connectivity index is 1.40. The molecular weight excluding hydrogens is 444 g/mol. The molecule has 2 aliphatic rings. The van der Waals surface area contributed by atoms with Gasteiger partial charge in [-0.1, -0.05) is 41.9 Å². The molecule has 0 spiro atoms. The molecule has 2 heterocycles. The molecule has 0 unspecified atom stereocenters. The summed E-state index contributed by atoms with van der Waals surface area (Å²) in [6, 6.07) is 15.7. The van der Waals surface area contributed by atoms with E-state index in [1.54, 1.807) is 61.5 Å². The summed E-state index contributed by atoms with van der Waals surface area (Å²) < 4.78 is 22.6. The van der Waals surface area contributed by atoms with Gasteiger partial charge in [0.25, 0.3) is 0 Å². The minimum atomic E-state index is -0.249. The molecule has 0 amide bonds. The molecule has 0 bridgehead atoms. The molecule has 0 saturated carbocycles. The van der Waals surface area contributed by atoms with Crippen LogP contribution in [-0.4, -0.2) is 25.0 Å². The molecule has 3 aromatic rings. The van der Waals surface area contributed by atoms with Crippen molar-refractivity contribution in [3.63, 3.8) is 0 Å². The smallest absolute Gasteiger partial charge is 0.231 e. The van der Waals surface area contributed by atoms with Gasteiger partial charge in [0.1, 0.15) is 17.2 Å². The van der Waals surface area contributed by atoms with Crippen molar-refractivity contribution >= 4 is 29.2 Å². The topological polar surface area (TPSA) is 71.1 Å². The minimum Gasteiger partial charge on any atom is -0.485 e. The Bertz CT molecular complexity index is 1300. The normalized spacial score (nSPS) is 15.5. The van der Waals surface area contributed by atoms with Gasteiger partial charge < -0.3 is 18.9 Å². The maximum absolute atomic E-state index is 13.0. The van der Waals surface area contributed by atoms with Crippen molar-refractivity contribution in [2.45, 2.75) is 13.5 Å². The highest BCUT2D eigenvalue weighted by molar-refractivity contribution is 6.31. The van der Waals surface area contributed by atoms with Crippen molar-refractivity contribution in [1.29, 1.82) is 0 Å². The van der Waals surface area contributed by atoms with E-state index in [0.717, 1.165) is 5.56 Å². The van der Waals surface area contributed by atoms with Gasteiger partial charge in [-0.25, -0.2) is 0 Å². The third-order valence-corrected chi connectivity index (χ3v) is 5.70. The fourth-order valence-electron chi connectivity index (χ4n) is 3.83. The van der Waals surface area contributed by atoms with Crippen LogP contribution in [0.4, 0.5) is 0 Å². The van der Waals surface area contributed by atoms with E-state index in [4.69, 9.17) is 30.5 Å². The summed E-state index contributed by atoms with van der Waals surface area (Å²) in [5.41, 5.74) is 3.09. The van der Waals surface area contributed by atoms with E-state index in [1.807, 2.05) is 6.07 Å². The van der Waals surface area contributed by atoms with E-state index in [1.165, 1.54) is 0 Å². The van der Waals surface area contributed by atoms with Crippen LogP contribution in [-0.2, 0) is 11.3 Å². The monoisotopic (exact) mass is 462 g/mol. The average Bonchev–Trinajstić information content (AvgIpc) is 3.15. The molecule has 0 atom stereocenters. The third-order valence-electron chi connectivity index (χ3n) is 5.48. The lowest BCUT2D eigenvalue weighted by molar-refractivity contribution is -0.0165. The molecule has 0 saturated heterocycles. The second-order valence-corrected chi connectivity index (χ2v) is 8.11. The van der Waals surface area contributed by atoms with Gasteiger partial charge in [-0.15, -0.1) is 0 Å². The molecule has 2 aliphatic heterocycles. The molecule has 0 aromatic heterocycles. The molecule has 0 radical (unpaired) electrons. The third kappa shape index (κ3) is 4.11. The number of fused-ring (bicyclic) bond motifs is 2. The Labute approximate surface area is 195 Å². The quantitative estimate of drug-likeness (QED) is 0.374. The summed E-state index contributed by atoms with van der Waals surface area (Å²) in [5.74, 6) is 1.28. The first-order valence-corrected chi connectivity index (χ1v) is 10.7. The lowest BCUT2D eigenvalue weighted by atomic mass is 10.0. The number of allylic oxidation sites excluding steroid dienone is 1. The predicted octanol–water partition coefficient (Wildman–Crippen LogP) is 5.39. The lowest BCUT2D eigenvalue weighted by Gasteiger charge is -2.20. The molecule has 3 aromatic carbocycles. The summed E-state index contributed by atoms with van der Waals surface area (Å²) in [5, 5.41) is 0.507. The molecule has 6 nitrogen and oxygen atoms in total. The van der Waals surface area contributed by atoms with Crippen LogP contribution in [0.2, 0.25) is 5.02 Å². The summed E-state index contributed by atoms with van der Waals surface area (Å²) in [7, 11) is 0. The zero-order chi connectivity index (χ0) is 22.9. The summed E-state index contributed by atoms with van der Waals surface area (Å²) >= 11 is 6.23. The highest BCUT2D eigenvalue weighted by atomic mass is 35.5. The van der Waals surface area contributed by atoms with Gasteiger partial charge in [0.2, 0.25) is 5.78 Å². The minimum absolute atomic E-state index is 0.117. The highest BCUT2D eigenvalue weighted by Crippen LogP contribution is 2.40. The molecular formula is C26H19ClO6. The molecule has 33 heavy (non-hydrogen) atoms. The van der Waals surface area contributed by atoms with Gasteiger partial charge in [-0.2, -0.15) is 0 Å². The number of hydrogen-bond donors (Lipinski definition) is 0. The van der Waals surface area contributed by atoms with Crippen LogP contribution in [0.5, 0.6) is 17.2 Å². The summed E-state index contributed by atoms with van der Waals surface area (Å²) in [4.78, 5) is 25.3. The predicted molar refractivity (Wildman–Crippen MR) is 122 cm³/mol. The van der Waals surface area contributed by atoms with E-state index < -0.39 is 0 Å². The number of halogens is 1. The van der Waals surface area contributed by atoms with Gasteiger partial charge >= 0.3 is 0 Å². The van der Waals surface area contributed by atoms with E-state index in [9.17, 15) is 9.59 Å². The Kier molecular flexibility index (Phi) is 5.62. The molecule has 166 valence electrons. The fraction of sp³-hybridized carbons (Fsp3) is 0.154. The molecule has 0 aliphatic carbocycles. The highest BCUT2D eigenvalue weighted by Gasteiger charge is 2.31. The van der Waals surface area contributed by atoms with Crippen LogP contribution in [0, 0.1) is 6.92 Å². The van der Waals surface area contributed by atoms with Crippen molar-refractivity contribution in [2.75, 3.05) is 13.4 Å². The summed E-state index contributed by atoms with van der Waals surface area (Å²) in [6.07, 6.45) is 1.62. The second kappa shape index (κ2) is 8.73. The van der Waals surface area contributed by atoms with Crippen LogP contribution in [0.15, 0.2) is 60.4 Å². The van der Waals surface area contributed by atoms with Crippen molar-refractivity contribution in [2.24, 2.45) is 0 Å². The van der Waals surface area contributed by atoms with Gasteiger partial charge in [0.15, 0.2) is 24.9 Å². The number of hydrogen-bond acceptors (Lipinski definition) is 6. The number of carbonyl (C=O) groups is 2. The standard InChI is InChI=1S/C26H19ClO6/c1-15-22(31-13-21(28)16-5-3-2-4-6-16)8-7-20-24(29)23(33-25(15)20)11-17-9-19(27)10-18-12-30-14-32-26(17)18/h2-11H,12-14H2,1H3/b23-11-. The fourth-order valence-corrected chi connectivity index (χ4v) is 4.08. The molecule has 7 heteroatoms. The van der Waals surface area contributed by atoms with E-state index in [-0.39, 0.29) is 30.7 Å². The van der Waals surface area contributed by atoms with E-state index in [2.05, 4.69) is 0 Å². The van der Waals surface area contributed by atoms with Crippen LogP contribution < -0.4 is 14.2 Å². The Morgan fingerprint density at radius 2 is 1.94 bits per heavy atom. The number of rotatable bonds is 5. The SMILES string of the molecule is Cc1c(OCC(=O)c2ccccc2)ccc2c1O/C(=C\c1cc(Cl)cc3c1OCOC3)C2=O. The van der Waals surface area contributed by atoms with Crippen molar-refractivity contribution in [1.82, 2.24) is 0 Å². The van der Waals surface area contributed by atoms with Gasteiger partial charge in [-0.05, 0) is 37.3 Å². The molecule has 5 rings (SSSR count). The molecule has 0 fully saturated rings. The van der Waals surface area contributed by atoms with Crippen molar-refractivity contribution in [3.8, 4) is 17.2 Å². The summed E-state index contributed by atoms with van der Waals surface area (Å²) in [6.45, 7) is 2.18. The van der Waals surface area contributed by atoms with E-state index >= 15 is 0 Å². The number of ether oxygens (including phenoxy) is 4. The Morgan fingerprint density at radius 3 is 2.76 bits per heavy atom. The van der Waals surface area contributed by atoms with Crippen LogP contribution in [0.1, 0.15) is 37.4 Å². The lowest BCUT2D eigenvalue weighted by Crippen LogP contribution is -2.12. The number of carbonyl (C=O) groups excluding carboxylic acids is 2. The maximum atomic E-state index is 13.0. The Morgan fingerprint density at radius 1 is 1.12 bits per heavy atom. The van der Waals surface area contributed by atoms with Crippen LogP contribution in [0.25, 0.3) is 6.08 Å². The zero-order valence-corrected chi connectivity index (χ0v) is 18.5. The van der Waals surface area contributed by atoms with Crippen molar-refractivity contribution < 1.29 is 28.5 Å². The Hall–Kier alpha value is -3.61. The second-order valence-electron chi connectivity index (χ2n) is 7.68.